The number of amides is 1. The Morgan fingerprint density at radius 2 is 1.62 bits per heavy atom. The lowest BCUT2D eigenvalue weighted by atomic mass is 10.1. The van der Waals surface area contributed by atoms with Gasteiger partial charge in [0, 0.05) is 13.2 Å². The van der Waals surface area contributed by atoms with Crippen LogP contribution < -0.4 is 10.0 Å². The highest BCUT2D eigenvalue weighted by molar-refractivity contribution is 7.89. The summed E-state index contributed by atoms with van der Waals surface area (Å²) in [5.41, 5.74) is 0.864. The van der Waals surface area contributed by atoms with E-state index in [1.165, 1.54) is 12.1 Å². The standard InChI is InChI=1S/C19H24N2O4S/c1-15(14-25-2)20-19(22)18(13-16-9-5-3-6-10-16)21-26(23,24)17-11-7-4-8-12-17/h3-12,15,18,21H,13-14H2,1-2H3,(H,20,22)/t15-,18-/m0/s1. The van der Waals surface area contributed by atoms with Gasteiger partial charge in [-0.1, -0.05) is 48.5 Å². The third kappa shape index (κ3) is 5.94. The quantitative estimate of drug-likeness (QED) is 0.698. The first-order chi connectivity index (χ1) is 12.4. The zero-order chi connectivity index (χ0) is 19.0. The molecule has 2 N–H and O–H groups in total. The Bertz CT molecular complexity index is 795. The molecule has 0 aromatic heterocycles. The summed E-state index contributed by atoms with van der Waals surface area (Å²) < 4.78 is 32.8. The van der Waals surface area contributed by atoms with Crippen LogP contribution >= 0.6 is 0 Å². The molecule has 2 aromatic rings. The van der Waals surface area contributed by atoms with Crippen molar-refractivity contribution in [2.45, 2.75) is 30.3 Å². The minimum Gasteiger partial charge on any atom is -0.383 e. The molecule has 26 heavy (non-hydrogen) atoms. The summed E-state index contributed by atoms with van der Waals surface area (Å²) in [6.45, 7) is 2.14. The zero-order valence-corrected chi connectivity index (χ0v) is 15.7. The maximum Gasteiger partial charge on any atom is 0.241 e. The molecule has 0 heterocycles. The third-order valence-corrected chi connectivity index (χ3v) is 5.24. The Hall–Kier alpha value is -2.22. The second-order valence-electron chi connectivity index (χ2n) is 6.04. The minimum atomic E-state index is -3.81. The minimum absolute atomic E-state index is 0.121. The Labute approximate surface area is 154 Å². The van der Waals surface area contributed by atoms with E-state index in [9.17, 15) is 13.2 Å². The monoisotopic (exact) mass is 376 g/mol. The summed E-state index contributed by atoms with van der Waals surface area (Å²) in [5, 5.41) is 2.78. The zero-order valence-electron chi connectivity index (χ0n) is 14.9. The molecule has 0 radical (unpaired) electrons. The molecule has 140 valence electrons. The number of hydrogen-bond donors (Lipinski definition) is 2. The Morgan fingerprint density at radius 1 is 1.04 bits per heavy atom. The summed E-state index contributed by atoms with van der Waals surface area (Å²) in [6.07, 6.45) is 0.248. The smallest absolute Gasteiger partial charge is 0.241 e. The topological polar surface area (TPSA) is 84.5 Å². The molecule has 0 aliphatic carbocycles. The van der Waals surface area contributed by atoms with Gasteiger partial charge in [0.05, 0.1) is 11.5 Å². The molecular weight excluding hydrogens is 352 g/mol. The molecule has 6 nitrogen and oxygen atoms in total. The summed E-state index contributed by atoms with van der Waals surface area (Å²) in [7, 11) is -2.27. The molecular formula is C19H24N2O4S. The largest absolute Gasteiger partial charge is 0.383 e. The molecule has 2 rings (SSSR count). The highest BCUT2D eigenvalue weighted by atomic mass is 32.2. The van der Waals surface area contributed by atoms with Crippen molar-refractivity contribution in [3.8, 4) is 0 Å². The number of carbonyl (C=O) groups excluding carboxylic acids is 1. The van der Waals surface area contributed by atoms with E-state index in [0.717, 1.165) is 5.56 Å². The molecule has 0 aliphatic rings. The number of methoxy groups -OCH3 is 1. The number of ether oxygens (including phenoxy) is 1. The van der Waals surface area contributed by atoms with E-state index >= 15 is 0 Å². The van der Waals surface area contributed by atoms with Crippen LogP contribution in [0.15, 0.2) is 65.6 Å². The second-order valence-corrected chi connectivity index (χ2v) is 7.76. The van der Waals surface area contributed by atoms with Gasteiger partial charge in [-0.25, -0.2) is 8.42 Å². The molecule has 0 bridgehead atoms. The van der Waals surface area contributed by atoms with Crippen LogP contribution in [0.25, 0.3) is 0 Å². The normalized spacial score (nSPS) is 13.8. The molecule has 1 amide bonds. The lowest BCUT2D eigenvalue weighted by Gasteiger charge is -2.21. The van der Waals surface area contributed by atoms with Crippen LogP contribution in [-0.2, 0) is 26.0 Å². The molecule has 0 saturated carbocycles. The van der Waals surface area contributed by atoms with Crippen LogP contribution in [0.5, 0.6) is 0 Å². The van der Waals surface area contributed by atoms with Gasteiger partial charge >= 0.3 is 0 Å². The van der Waals surface area contributed by atoms with Gasteiger partial charge in [0.1, 0.15) is 6.04 Å². The van der Waals surface area contributed by atoms with E-state index in [1.807, 2.05) is 30.3 Å². The first-order valence-electron chi connectivity index (χ1n) is 8.33. The van der Waals surface area contributed by atoms with Crippen LogP contribution in [0, 0.1) is 0 Å². The molecule has 0 fully saturated rings. The highest BCUT2D eigenvalue weighted by Gasteiger charge is 2.26. The fraction of sp³-hybridized carbons (Fsp3) is 0.316. The second kappa shape index (κ2) is 9.47. The summed E-state index contributed by atoms with van der Waals surface area (Å²) in [4.78, 5) is 12.8. The molecule has 2 aromatic carbocycles. The van der Waals surface area contributed by atoms with Gasteiger partial charge in [-0.2, -0.15) is 4.72 Å². The van der Waals surface area contributed by atoms with Gasteiger partial charge in [-0.3, -0.25) is 4.79 Å². The lowest BCUT2D eigenvalue weighted by molar-refractivity contribution is -0.123. The fourth-order valence-corrected chi connectivity index (χ4v) is 3.74. The first kappa shape index (κ1) is 20.1. The molecule has 0 aliphatic heterocycles. The van der Waals surface area contributed by atoms with Crippen molar-refractivity contribution in [1.82, 2.24) is 10.0 Å². The number of sulfonamides is 1. The average molecular weight is 376 g/mol. The van der Waals surface area contributed by atoms with Crippen molar-refractivity contribution in [3.63, 3.8) is 0 Å². The van der Waals surface area contributed by atoms with Crippen LogP contribution in [0.1, 0.15) is 12.5 Å². The van der Waals surface area contributed by atoms with Gasteiger partial charge in [0.25, 0.3) is 0 Å². The maximum absolute atomic E-state index is 12.6. The van der Waals surface area contributed by atoms with E-state index in [-0.39, 0.29) is 17.4 Å². The number of hydrogen-bond acceptors (Lipinski definition) is 4. The van der Waals surface area contributed by atoms with E-state index in [4.69, 9.17) is 4.74 Å². The van der Waals surface area contributed by atoms with Crippen molar-refractivity contribution < 1.29 is 17.9 Å². The lowest BCUT2D eigenvalue weighted by Crippen LogP contribution is -2.50. The van der Waals surface area contributed by atoms with Crippen molar-refractivity contribution in [1.29, 1.82) is 0 Å². The highest BCUT2D eigenvalue weighted by Crippen LogP contribution is 2.11. The van der Waals surface area contributed by atoms with E-state index in [0.29, 0.717) is 6.61 Å². The van der Waals surface area contributed by atoms with Crippen molar-refractivity contribution in [2.75, 3.05) is 13.7 Å². The maximum atomic E-state index is 12.6. The number of rotatable bonds is 9. The van der Waals surface area contributed by atoms with E-state index in [1.54, 1.807) is 32.2 Å². The van der Waals surface area contributed by atoms with E-state index < -0.39 is 22.0 Å². The predicted octanol–water partition coefficient (Wildman–Crippen LogP) is 1.73. The average Bonchev–Trinajstić information content (AvgIpc) is 2.63. The van der Waals surface area contributed by atoms with Crippen molar-refractivity contribution in [3.05, 3.63) is 66.2 Å². The van der Waals surface area contributed by atoms with E-state index in [2.05, 4.69) is 10.0 Å². The molecule has 2 atom stereocenters. The van der Waals surface area contributed by atoms with Gasteiger partial charge in [-0.05, 0) is 31.0 Å². The summed E-state index contributed by atoms with van der Waals surface area (Å²) in [5.74, 6) is -0.391. The van der Waals surface area contributed by atoms with Crippen LogP contribution in [0.3, 0.4) is 0 Å². The molecule has 0 saturated heterocycles. The first-order valence-corrected chi connectivity index (χ1v) is 9.81. The SMILES string of the molecule is COC[C@H](C)NC(=O)[C@H](Cc1ccccc1)NS(=O)(=O)c1ccccc1. The Kier molecular flexibility index (Phi) is 7.32. The van der Waals surface area contributed by atoms with Crippen LogP contribution in [0.2, 0.25) is 0 Å². The van der Waals surface area contributed by atoms with Crippen molar-refractivity contribution >= 4 is 15.9 Å². The van der Waals surface area contributed by atoms with Gasteiger partial charge in [0.15, 0.2) is 0 Å². The van der Waals surface area contributed by atoms with Gasteiger partial charge in [0.2, 0.25) is 15.9 Å². The van der Waals surface area contributed by atoms with Crippen LogP contribution in [0.4, 0.5) is 0 Å². The molecule has 0 spiro atoms. The Balaban J connectivity index is 2.21. The molecule has 0 unspecified atom stereocenters. The number of carbonyl (C=O) groups is 1. The summed E-state index contributed by atoms with van der Waals surface area (Å²) >= 11 is 0. The number of nitrogens with one attached hydrogen (secondary N) is 2. The Morgan fingerprint density at radius 3 is 2.19 bits per heavy atom. The van der Waals surface area contributed by atoms with Crippen LogP contribution in [-0.4, -0.2) is 40.1 Å². The van der Waals surface area contributed by atoms with Crippen molar-refractivity contribution in [2.24, 2.45) is 0 Å². The number of benzene rings is 2. The van der Waals surface area contributed by atoms with Gasteiger partial charge < -0.3 is 10.1 Å². The fourth-order valence-electron chi connectivity index (χ4n) is 2.53. The third-order valence-electron chi connectivity index (χ3n) is 3.76. The predicted molar refractivity (Wildman–Crippen MR) is 100 cm³/mol. The summed E-state index contributed by atoms with van der Waals surface area (Å²) in [6, 6.07) is 16.1. The van der Waals surface area contributed by atoms with Gasteiger partial charge in [-0.15, -0.1) is 0 Å². The molecule has 7 heteroatoms.